The quantitative estimate of drug-likeness (QED) is 0.812. The van der Waals surface area contributed by atoms with Crippen LogP contribution in [0, 0.1) is 5.92 Å². The van der Waals surface area contributed by atoms with Gasteiger partial charge in [0.25, 0.3) is 5.91 Å². The molecule has 0 bridgehead atoms. The molecule has 2 N–H and O–H groups in total. The van der Waals surface area contributed by atoms with Crippen molar-refractivity contribution in [1.29, 1.82) is 0 Å². The van der Waals surface area contributed by atoms with Crippen LogP contribution in [0.3, 0.4) is 0 Å². The fourth-order valence-corrected chi connectivity index (χ4v) is 2.33. The van der Waals surface area contributed by atoms with E-state index in [-0.39, 0.29) is 12.0 Å². The number of likely N-dealkylation sites (tertiary alicyclic amines) is 1. The van der Waals surface area contributed by atoms with Gasteiger partial charge in [0.05, 0.1) is 18.8 Å². The zero-order chi connectivity index (χ0) is 13.8. The normalized spacial score (nSPS) is 23.6. The largest absolute Gasteiger partial charge is 0.379 e. The maximum atomic E-state index is 12.3. The van der Waals surface area contributed by atoms with Crippen LogP contribution in [0.25, 0.3) is 0 Å². The van der Waals surface area contributed by atoms with Gasteiger partial charge in [-0.1, -0.05) is 12.1 Å². The van der Waals surface area contributed by atoms with E-state index in [0.29, 0.717) is 31.2 Å². The zero-order valence-corrected chi connectivity index (χ0v) is 11.5. The highest BCUT2D eigenvalue weighted by molar-refractivity contribution is 5.92. The Hall–Kier alpha value is -1.47. The van der Waals surface area contributed by atoms with Crippen molar-refractivity contribution >= 4 is 5.91 Å². The summed E-state index contributed by atoms with van der Waals surface area (Å²) in [5, 5.41) is 7.79. The monoisotopic (exact) mass is 267 g/mol. The lowest BCUT2D eigenvalue weighted by Crippen LogP contribution is -2.46. The van der Waals surface area contributed by atoms with Crippen molar-refractivity contribution in [3.8, 4) is 0 Å². The van der Waals surface area contributed by atoms with Gasteiger partial charge >= 0.3 is 0 Å². The van der Waals surface area contributed by atoms with E-state index >= 15 is 0 Å². The Morgan fingerprint density at radius 1 is 1.63 bits per heavy atom. The van der Waals surface area contributed by atoms with Crippen LogP contribution in [0.1, 0.15) is 23.8 Å². The highest BCUT2D eigenvalue weighted by atomic mass is 16.5. The third-order valence-corrected chi connectivity index (χ3v) is 3.60. The molecule has 1 saturated heterocycles. The maximum Gasteiger partial charge on any atom is 0.276 e. The topological polar surface area (TPSA) is 86.3 Å². The summed E-state index contributed by atoms with van der Waals surface area (Å²) in [4.78, 5) is 14.1. The Kier molecular flexibility index (Phi) is 4.49. The molecule has 7 heteroatoms. The van der Waals surface area contributed by atoms with Gasteiger partial charge in [0, 0.05) is 26.7 Å². The lowest BCUT2D eigenvalue weighted by atomic mass is 9.95. The number of nitrogens with two attached hydrogens (primary N) is 1. The molecule has 1 aromatic heterocycles. The third kappa shape index (κ3) is 3.10. The predicted octanol–water partition coefficient (Wildman–Crippen LogP) is -0.266. The van der Waals surface area contributed by atoms with E-state index in [1.165, 1.54) is 0 Å². The zero-order valence-electron chi connectivity index (χ0n) is 11.5. The minimum atomic E-state index is -0.0859. The molecule has 1 aromatic rings. The summed E-state index contributed by atoms with van der Waals surface area (Å²) >= 11 is 0. The molecule has 1 fully saturated rings. The number of carbonyl (C=O) groups is 1. The highest BCUT2D eigenvalue weighted by Gasteiger charge is 2.30. The molecule has 1 aliphatic heterocycles. The number of rotatable bonds is 4. The van der Waals surface area contributed by atoms with Crippen LogP contribution in [0.5, 0.6) is 0 Å². The summed E-state index contributed by atoms with van der Waals surface area (Å²) < 4.78 is 7.00. The number of amides is 1. The van der Waals surface area contributed by atoms with Crippen LogP contribution in [-0.2, 0) is 11.3 Å². The summed E-state index contributed by atoms with van der Waals surface area (Å²) in [5.41, 5.74) is 5.81. The second-order valence-electron chi connectivity index (χ2n) is 4.95. The molecule has 1 aliphatic rings. The van der Waals surface area contributed by atoms with Crippen LogP contribution in [0.2, 0.25) is 0 Å². The second-order valence-corrected chi connectivity index (χ2v) is 4.95. The molecule has 2 unspecified atom stereocenters. The minimum Gasteiger partial charge on any atom is -0.379 e. The van der Waals surface area contributed by atoms with Crippen LogP contribution in [0.4, 0.5) is 0 Å². The number of ether oxygens (including phenoxy) is 1. The van der Waals surface area contributed by atoms with Gasteiger partial charge in [-0.3, -0.25) is 9.48 Å². The number of hydrogen-bond donors (Lipinski definition) is 1. The average molecular weight is 267 g/mol. The van der Waals surface area contributed by atoms with E-state index in [2.05, 4.69) is 17.2 Å². The van der Waals surface area contributed by atoms with Crippen LogP contribution in [0.15, 0.2) is 6.20 Å². The van der Waals surface area contributed by atoms with Gasteiger partial charge in [0.15, 0.2) is 5.69 Å². The average Bonchev–Trinajstić information content (AvgIpc) is 2.87. The second kappa shape index (κ2) is 6.12. The fraction of sp³-hybridized carbons (Fsp3) is 0.750. The lowest BCUT2D eigenvalue weighted by molar-refractivity contribution is -0.00177. The molecule has 0 radical (unpaired) electrons. The molecule has 2 atom stereocenters. The molecular weight excluding hydrogens is 246 g/mol. The van der Waals surface area contributed by atoms with Crippen molar-refractivity contribution in [3.63, 3.8) is 0 Å². The number of piperidine rings is 1. The molecule has 106 valence electrons. The number of methoxy groups -OCH3 is 1. The smallest absolute Gasteiger partial charge is 0.276 e. The number of aromatic nitrogens is 3. The Morgan fingerprint density at radius 2 is 2.42 bits per heavy atom. The van der Waals surface area contributed by atoms with Crippen molar-refractivity contribution in [1.82, 2.24) is 19.9 Å². The van der Waals surface area contributed by atoms with Crippen LogP contribution < -0.4 is 5.73 Å². The molecule has 0 aromatic carbocycles. The Balaban J connectivity index is 2.02. The Bertz CT molecular complexity index is 434. The summed E-state index contributed by atoms with van der Waals surface area (Å²) in [6, 6.07) is 0. The molecule has 2 rings (SSSR count). The van der Waals surface area contributed by atoms with Crippen molar-refractivity contribution in [2.45, 2.75) is 26.0 Å². The van der Waals surface area contributed by atoms with Crippen molar-refractivity contribution in [3.05, 3.63) is 11.9 Å². The van der Waals surface area contributed by atoms with Crippen molar-refractivity contribution in [2.75, 3.05) is 26.7 Å². The maximum absolute atomic E-state index is 12.3. The molecule has 1 amide bonds. The van der Waals surface area contributed by atoms with Gasteiger partial charge in [-0.15, -0.1) is 5.10 Å². The minimum absolute atomic E-state index is 0.0859. The van der Waals surface area contributed by atoms with Gasteiger partial charge < -0.3 is 15.4 Å². The SMILES string of the molecule is COC1CN(C(=O)c2cn(CCN)nn2)CCC1C. The first-order valence-corrected chi connectivity index (χ1v) is 6.58. The van der Waals surface area contributed by atoms with Gasteiger partial charge in [-0.2, -0.15) is 0 Å². The van der Waals surface area contributed by atoms with Gasteiger partial charge in [0.1, 0.15) is 0 Å². The molecule has 0 spiro atoms. The first-order chi connectivity index (χ1) is 9.15. The van der Waals surface area contributed by atoms with E-state index in [4.69, 9.17) is 10.5 Å². The van der Waals surface area contributed by atoms with Gasteiger partial charge in [-0.25, -0.2) is 0 Å². The number of carbonyl (C=O) groups excluding carboxylic acids is 1. The van der Waals surface area contributed by atoms with Crippen LogP contribution in [-0.4, -0.2) is 58.6 Å². The van der Waals surface area contributed by atoms with E-state index in [9.17, 15) is 4.79 Å². The van der Waals surface area contributed by atoms with Crippen LogP contribution >= 0.6 is 0 Å². The van der Waals surface area contributed by atoms with E-state index in [1.807, 2.05) is 0 Å². The van der Waals surface area contributed by atoms with Crippen molar-refractivity contribution < 1.29 is 9.53 Å². The Morgan fingerprint density at radius 3 is 3.11 bits per heavy atom. The first-order valence-electron chi connectivity index (χ1n) is 6.58. The number of hydrogen-bond acceptors (Lipinski definition) is 5. The summed E-state index contributed by atoms with van der Waals surface area (Å²) in [6.45, 7) is 4.54. The molecule has 0 saturated carbocycles. The van der Waals surface area contributed by atoms with E-state index in [0.717, 1.165) is 13.0 Å². The molecular formula is C12H21N5O2. The number of nitrogens with zero attached hydrogens (tertiary/aromatic N) is 4. The summed E-state index contributed by atoms with van der Waals surface area (Å²) in [6.07, 6.45) is 2.69. The van der Waals surface area contributed by atoms with E-state index in [1.54, 1.807) is 22.9 Å². The van der Waals surface area contributed by atoms with Gasteiger partial charge in [0.2, 0.25) is 0 Å². The third-order valence-electron chi connectivity index (χ3n) is 3.60. The summed E-state index contributed by atoms with van der Waals surface area (Å²) in [5.74, 6) is 0.388. The van der Waals surface area contributed by atoms with Gasteiger partial charge in [-0.05, 0) is 12.3 Å². The lowest BCUT2D eigenvalue weighted by Gasteiger charge is -2.35. The standard InChI is InChI=1S/C12H21N5O2/c1-9-3-5-16(8-11(9)19-2)12(18)10-7-17(6-4-13)15-14-10/h7,9,11H,3-6,8,13H2,1-2H3. The molecule has 0 aliphatic carbocycles. The highest BCUT2D eigenvalue weighted by Crippen LogP contribution is 2.20. The Labute approximate surface area is 112 Å². The molecule has 19 heavy (non-hydrogen) atoms. The van der Waals surface area contributed by atoms with E-state index < -0.39 is 0 Å². The van der Waals surface area contributed by atoms with Crippen molar-refractivity contribution in [2.24, 2.45) is 11.7 Å². The fourth-order valence-electron chi connectivity index (χ4n) is 2.33. The summed E-state index contributed by atoms with van der Waals surface area (Å²) in [7, 11) is 1.69. The predicted molar refractivity (Wildman–Crippen MR) is 69.6 cm³/mol. The molecule has 7 nitrogen and oxygen atoms in total. The first kappa shape index (κ1) is 14.0. The molecule has 2 heterocycles.